The quantitative estimate of drug-likeness (QED) is 0.786. The van der Waals surface area contributed by atoms with Crippen molar-refractivity contribution in [2.24, 2.45) is 0 Å². The number of thiazole rings is 1. The molecule has 0 bridgehead atoms. The van der Waals surface area contributed by atoms with Gasteiger partial charge in [-0.05, 0) is 12.1 Å². The van der Waals surface area contributed by atoms with E-state index in [1.54, 1.807) is 6.07 Å². The summed E-state index contributed by atoms with van der Waals surface area (Å²) in [5.74, 6) is -1.10. The van der Waals surface area contributed by atoms with Gasteiger partial charge in [-0.3, -0.25) is 0 Å². The first-order valence-corrected chi connectivity index (χ1v) is 5.87. The Kier molecular flexibility index (Phi) is 3.40. The van der Waals surface area contributed by atoms with Crippen molar-refractivity contribution in [3.63, 3.8) is 0 Å². The first-order chi connectivity index (χ1) is 8.15. The zero-order valence-electron chi connectivity index (χ0n) is 8.74. The molecule has 0 fully saturated rings. The topological polar surface area (TPSA) is 39.2 Å². The minimum atomic E-state index is -0.611. The van der Waals surface area contributed by atoms with Crippen molar-refractivity contribution < 1.29 is 13.9 Å². The van der Waals surface area contributed by atoms with E-state index in [9.17, 15) is 9.18 Å². The number of hydrogen-bond acceptors (Lipinski definition) is 4. The molecule has 0 aliphatic heterocycles. The van der Waals surface area contributed by atoms with Crippen molar-refractivity contribution in [1.82, 2.24) is 4.98 Å². The van der Waals surface area contributed by atoms with Crippen LogP contribution in [0.15, 0.2) is 23.7 Å². The summed E-state index contributed by atoms with van der Waals surface area (Å²) >= 11 is 7.07. The number of rotatable bonds is 2. The van der Waals surface area contributed by atoms with Gasteiger partial charge in [-0.1, -0.05) is 17.7 Å². The molecule has 0 spiro atoms. The molecule has 88 valence electrons. The number of halogens is 2. The number of hydrogen-bond donors (Lipinski definition) is 0. The number of methoxy groups -OCH3 is 1. The van der Waals surface area contributed by atoms with Crippen molar-refractivity contribution in [3.05, 3.63) is 40.2 Å². The van der Waals surface area contributed by atoms with Crippen molar-refractivity contribution >= 4 is 28.9 Å². The van der Waals surface area contributed by atoms with E-state index in [2.05, 4.69) is 9.72 Å². The van der Waals surface area contributed by atoms with Crippen LogP contribution < -0.4 is 0 Å². The van der Waals surface area contributed by atoms with E-state index < -0.39 is 11.8 Å². The Balaban J connectivity index is 2.62. The number of ether oxygens (including phenoxy) is 1. The number of carbonyl (C=O) groups excluding carboxylic acids is 1. The second-order valence-electron chi connectivity index (χ2n) is 3.12. The molecule has 1 aromatic heterocycles. The predicted molar refractivity (Wildman–Crippen MR) is 63.9 cm³/mol. The molecular weight excluding hydrogens is 265 g/mol. The summed E-state index contributed by atoms with van der Waals surface area (Å²) in [6, 6.07) is 4.34. The van der Waals surface area contributed by atoms with Crippen LogP contribution in [0.25, 0.3) is 10.4 Å². The number of esters is 1. The zero-order valence-corrected chi connectivity index (χ0v) is 10.3. The molecule has 2 rings (SSSR count). The average Bonchev–Trinajstić information content (AvgIpc) is 2.77. The van der Waals surface area contributed by atoms with Crippen LogP contribution in [0.4, 0.5) is 4.39 Å². The van der Waals surface area contributed by atoms with Gasteiger partial charge in [0.1, 0.15) is 5.82 Å². The maximum absolute atomic E-state index is 13.7. The second kappa shape index (κ2) is 4.81. The van der Waals surface area contributed by atoms with E-state index in [0.717, 1.165) is 11.3 Å². The van der Waals surface area contributed by atoms with Gasteiger partial charge in [0.25, 0.3) is 0 Å². The van der Waals surface area contributed by atoms with Crippen molar-refractivity contribution in [3.8, 4) is 10.4 Å². The summed E-state index contributed by atoms with van der Waals surface area (Å²) in [6.45, 7) is 0. The molecular formula is C11H7ClFNO2S. The Morgan fingerprint density at radius 2 is 2.29 bits per heavy atom. The van der Waals surface area contributed by atoms with Gasteiger partial charge in [0, 0.05) is 5.56 Å². The normalized spacial score (nSPS) is 10.3. The third kappa shape index (κ3) is 2.16. The largest absolute Gasteiger partial charge is 0.464 e. The number of nitrogens with zero attached hydrogens (tertiary/aromatic N) is 1. The maximum Gasteiger partial charge on any atom is 0.358 e. The van der Waals surface area contributed by atoms with Crippen LogP contribution in [0.1, 0.15) is 10.5 Å². The molecule has 0 N–H and O–H groups in total. The Labute approximate surface area is 106 Å². The van der Waals surface area contributed by atoms with Crippen molar-refractivity contribution in [1.29, 1.82) is 0 Å². The lowest BCUT2D eigenvalue weighted by molar-refractivity contribution is 0.0596. The third-order valence-corrected chi connectivity index (χ3v) is 3.29. The minimum absolute atomic E-state index is 0.0736. The highest BCUT2D eigenvalue weighted by atomic mass is 35.5. The Morgan fingerprint density at radius 1 is 1.53 bits per heavy atom. The molecule has 0 aliphatic carbocycles. The molecule has 0 saturated heterocycles. The van der Waals surface area contributed by atoms with E-state index in [1.807, 2.05) is 0 Å². The predicted octanol–water partition coefficient (Wildman–Crippen LogP) is 3.39. The fraction of sp³-hybridized carbons (Fsp3) is 0.0909. The summed E-state index contributed by atoms with van der Waals surface area (Å²) in [7, 11) is 1.24. The summed E-state index contributed by atoms with van der Waals surface area (Å²) in [5, 5.41) is 0.236. The van der Waals surface area contributed by atoms with Crippen LogP contribution in [-0.2, 0) is 4.74 Å². The minimum Gasteiger partial charge on any atom is -0.464 e. The zero-order chi connectivity index (χ0) is 12.4. The average molecular weight is 272 g/mol. The van der Waals surface area contributed by atoms with Crippen molar-refractivity contribution in [2.75, 3.05) is 7.11 Å². The van der Waals surface area contributed by atoms with Crippen LogP contribution in [0.5, 0.6) is 0 Å². The molecule has 0 saturated carbocycles. The molecule has 1 heterocycles. The first kappa shape index (κ1) is 12.0. The van der Waals surface area contributed by atoms with E-state index in [1.165, 1.54) is 24.8 Å². The van der Waals surface area contributed by atoms with Gasteiger partial charge < -0.3 is 4.74 Å². The van der Waals surface area contributed by atoms with Crippen LogP contribution in [0, 0.1) is 5.82 Å². The lowest BCUT2D eigenvalue weighted by Crippen LogP contribution is -2.03. The van der Waals surface area contributed by atoms with Crippen molar-refractivity contribution in [2.45, 2.75) is 0 Å². The van der Waals surface area contributed by atoms with E-state index >= 15 is 0 Å². The summed E-state index contributed by atoms with van der Waals surface area (Å²) in [4.78, 5) is 15.7. The highest BCUT2D eigenvalue weighted by Gasteiger charge is 2.21. The van der Waals surface area contributed by atoms with Gasteiger partial charge in [-0.2, -0.15) is 0 Å². The summed E-state index contributed by atoms with van der Waals surface area (Å²) in [6.07, 6.45) is 0. The van der Waals surface area contributed by atoms with Crippen LogP contribution in [0.3, 0.4) is 0 Å². The molecule has 3 nitrogen and oxygen atoms in total. The SMILES string of the molecule is COC(=O)c1ncsc1-c1c(F)cccc1Cl. The summed E-state index contributed by atoms with van der Waals surface area (Å²) in [5.41, 5.74) is 1.70. The molecule has 17 heavy (non-hydrogen) atoms. The highest BCUT2D eigenvalue weighted by molar-refractivity contribution is 7.13. The van der Waals surface area contributed by atoms with Gasteiger partial charge in [0.2, 0.25) is 0 Å². The molecule has 0 radical (unpaired) electrons. The van der Waals surface area contributed by atoms with E-state index in [-0.39, 0.29) is 16.3 Å². The van der Waals surface area contributed by atoms with E-state index in [0.29, 0.717) is 4.88 Å². The monoisotopic (exact) mass is 271 g/mol. The Morgan fingerprint density at radius 3 is 2.94 bits per heavy atom. The fourth-order valence-corrected chi connectivity index (χ4v) is 2.53. The smallest absolute Gasteiger partial charge is 0.358 e. The standard InChI is InChI=1S/C11H7ClFNO2S/c1-16-11(15)9-10(17-5-14-9)8-6(12)3-2-4-7(8)13/h2-5H,1H3. The second-order valence-corrected chi connectivity index (χ2v) is 4.38. The molecule has 1 aromatic carbocycles. The van der Waals surface area contributed by atoms with Gasteiger partial charge in [0.05, 0.1) is 22.5 Å². The highest BCUT2D eigenvalue weighted by Crippen LogP contribution is 2.35. The van der Waals surface area contributed by atoms with Crippen LogP contribution in [-0.4, -0.2) is 18.1 Å². The van der Waals surface area contributed by atoms with E-state index in [4.69, 9.17) is 11.6 Å². The van der Waals surface area contributed by atoms with Gasteiger partial charge in [-0.15, -0.1) is 11.3 Å². The summed E-state index contributed by atoms with van der Waals surface area (Å²) < 4.78 is 18.3. The number of carbonyl (C=O) groups is 1. The first-order valence-electron chi connectivity index (χ1n) is 4.61. The lowest BCUT2D eigenvalue weighted by atomic mass is 10.1. The molecule has 0 atom stereocenters. The Hall–Kier alpha value is -1.46. The molecule has 0 amide bonds. The number of aromatic nitrogens is 1. The van der Waals surface area contributed by atoms with Crippen LogP contribution >= 0.6 is 22.9 Å². The van der Waals surface area contributed by atoms with Crippen LogP contribution in [0.2, 0.25) is 5.02 Å². The molecule has 2 aromatic rings. The van der Waals surface area contributed by atoms with Gasteiger partial charge >= 0.3 is 5.97 Å². The lowest BCUT2D eigenvalue weighted by Gasteiger charge is -2.04. The van der Waals surface area contributed by atoms with Gasteiger partial charge in [0.15, 0.2) is 5.69 Å². The maximum atomic E-state index is 13.7. The van der Waals surface area contributed by atoms with Gasteiger partial charge in [-0.25, -0.2) is 14.2 Å². The molecule has 6 heteroatoms. The molecule has 0 aliphatic rings. The molecule has 0 unspecified atom stereocenters. The third-order valence-electron chi connectivity index (χ3n) is 2.14. The Bertz CT molecular complexity index is 550. The number of benzene rings is 1. The fourth-order valence-electron chi connectivity index (χ4n) is 1.38.